The number of rotatable bonds is 7. The van der Waals surface area contributed by atoms with Crippen LogP contribution in [0, 0.1) is 23.7 Å². The molecule has 0 spiro atoms. The average molecular weight is 437 g/mol. The zero-order valence-corrected chi connectivity index (χ0v) is 18.1. The van der Waals surface area contributed by atoms with Crippen LogP contribution in [0.15, 0.2) is 53.9 Å². The number of amides is 3. The van der Waals surface area contributed by atoms with Crippen molar-refractivity contribution in [3.63, 3.8) is 0 Å². The van der Waals surface area contributed by atoms with Crippen molar-refractivity contribution in [2.75, 3.05) is 13.7 Å². The van der Waals surface area contributed by atoms with Gasteiger partial charge in [0.05, 0.1) is 25.5 Å². The van der Waals surface area contributed by atoms with Crippen LogP contribution < -0.4 is 4.74 Å². The molecule has 160 valence electrons. The van der Waals surface area contributed by atoms with E-state index >= 15 is 0 Å². The molecular formula is C24H24N2O4S. The fraction of sp³-hybridized carbons (Fsp3) is 0.375. The summed E-state index contributed by atoms with van der Waals surface area (Å²) in [6.45, 7) is 0.561. The standard InChI is InChI=1S/C24H24N2O4S/c1-30-19-7-3-2-5-17(19)12-25(13-18-6-4-10-31-18)20(27)14-26-23(28)21-15-8-9-16(11-15)22(21)24(26)29/h2-10,15-16,21-22H,11-14H2,1H3. The molecule has 2 aromatic rings. The van der Waals surface area contributed by atoms with Crippen LogP contribution in [-0.4, -0.2) is 41.2 Å². The molecular weight excluding hydrogens is 412 g/mol. The van der Waals surface area contributed by atoms with Gasteiger partial charge in [0.15, 0.2) is 0 Å². The number of likely N-dealkylation sites (tertiary alicyclic amines) is 1. The Bertz CT molecular complexity index is 1020. The van der Waals surface area contributed by atoms with Gasteiger partial charge in [-0.3, -0.25) is 19.3 Å². The van der Waals surface area contributed by atoms with Crippen LogP contribution in [0.25, 0.3) is 0 Å². The minimum atomic E-state index is -0.282. The molecule has 2 aliphatic carbocycles. The normalized spacial score (nSPS) is 25.9. The minimum absolute atomic E-state index is 0.141. The Morgan fingerprint density at radius 3 is 2.42 bits per heavy atom. The summed E-state index contributed by atoms with van der Waals surface area (Å²) in [5.74, 6) is -0.185. The zero-order valence-electron chi connectivity index (χ0n) is 17.3. The van der Waals surface area contributed by atoms with Crippen LogP contribution in [0.4, 0.5) is 0 Å². The zero-order chi connectivity index (χ0) is 21.5. The third-order valence-corrected chi connectivity index (χ3v) is 7.55. The highest BCUT2D eigenvalue weighted by Crippen LogP contribution is 2.52. The number of hydrogen-bond donors (Lipinski definition) is 0. The number of thiophene rings is 1. The molecule has 4 unspecified atom stereocenters. The lowest BCUT2D eigenvalue weighted by Gasteiger charge is -2.26. The summed E-state index contributed by atoms with van der Waals surface area (Å²) in [6, 6.07) is 11.5. The van der Waals surface area contributed by atoms with E-state index in [1.807, 2.05) is 41.8 Å². The molecule has 1 aromatic heterocycles. The molecule has 1 aromatic carbocycles. The van der Waals surface area contributed by atoms with Gasteiger partial charge < -0.3 is 9.64 Å². The fourth-order valence-electron chi connectivity index (χ4n) is 5.22. The van der Waals surface area contributed by atoms with Crippen molar-refractivity contribution in [1.82, 2.24) is 9.80 Å². The SMILES string of the molecule is COc1ccccc1CN(Cc1cccs1)C(=O)CN1C(=O)C2C3C=CC(C3)C2C1=O. The van der Waals surface area contributed by atoms with Gasteiger partial charge in [-0.15, -0.1) is 11.3 Å². The van der Waals surface area contributed by atoms with E-state index in [4.69, 9.17) is 4.74 Å². The molecule has 7 heteroatoms. The van der Waals surface area contributed by atoms with Gasteiger partial charge in [0, 0.05) is 17.0 Å². The molecule has 0 N–H and O–H groups in total. The third-order valence-electron chi connectivity index (χ3n) is 6.69. The summed E-state index contributed by atoms with van der Waals surface area (Å²) in [7, 11) is 1.60. The second-order valence-electron chi connectivity index (χ2n) is 8.40. The summed E-state index contributed by atoms with van der Waals surface area (Å²) >= 11 is 1.57. The highest BCUT2D eigenvalue weighted by molar-refractivity contribution is 7.09. The molecule has 4 atom stereocenters. The van der Waals surface area contributed by atoms with E-state index in [2.05, 4.69) is 12.2 Å². The largest absolute Gasteiger partial charge is 0.496 e. The summed E-state index contributed by atoms with van der Waals surface area (Å²) in [6.07, 6.45) is 5.01. The molecule has 1 saturated heterocycles. The molecule has 3 aliphatic rings. The van der Waals surface area contributed by atoms with Crippen molar-refractivity contribution in [2.24, 2.45) is 23.7 Å². The van der Waals surface area contributed by atoms with Gasteiger partial charge >= 0.3 is 0 Å². The monoisotopic (exact) mass is 436 g/mol. The van der Waals surface area contributed by atoms with Gasteiger partial charge in [0.1, 0.15) is 12.3 Å². The van der Waals surface area contributed by atoms with Crippen molar-refractivity contribution in [3.8, 4) is 5.75 Å². The van der Waals surface area contributed by atoms with E-state index < -0.39 is 0 Å². The van der Waals surface area contributed by atoms with Crippen LogP contribution in [0.5, 0.6) is 5.75 Å². The lowest BCUT2D eigenvalue weighted by molar-refractivity contribution is -0.147. The van der Waals surface area contributed by atoms with Crippen molar-refractivity contribution >= 4 is 29.1 Å². The molecule has 2 fully saturated rings. The first kappa shape index (κ1) is 20.0. The Morgan fingerprint density at radius 1 is 1.06 bits per heavy atom. The van der Waals surface area contributed by atoms with Crippen LogP contribution in [0.3, 0.4) is 0 Å². The molecule has 2 bridgehead atoms. The summed E-state index contributed by atoms with van der Waals surface area (Å²) in [4.78, 5) is 43.3. The van der Waals surface area contributed by atoms with E-state index in [0.29, 0.717) is 18.8 Å². The number of nitrogens with zero attached hydrogens (tertiary/aromatic N) is 2. The molecule has 5 rings (SSSR count). The Hall–Kier alpha value is -2.93. The van der Waals surface area contributed by atoms with Crippen molar-refractivity contribution < 1.29 is 19.1 Å². The number of fused-ring (bicyclic) bond motifs is 5. The van der Waals surface area contributed by atoms with Gasteiger partial charge in [0.25, 0.3) is 0 Å². The fourth-order valence-corrected chi connectivity index (χ4v) is 5.94. The number of allylic oxidation sites excluding steroid dienone is 2. The van der Waals surface area contributed by atoms with Gasteiger partial charge in [-0.05, 0) is 35.8 Å². The maximum atomic E-state index is 13.3. The van der Waals surface area contributed by atoms with Crippen LogP contribution in [0.2, 0.25) is 0 Å². The van der Waals surface area contributed by atoms with E-state index in [1.165, 1.54) is 4.90 Å². The summed E-state index contributed by atoms with van der Waals surface area (Å²) in [5.41, 5.74) is 0.882. The Morgan fingerprint density at radius 2 is 1.77 bits per heavy atom. The lowest BCUT2D eigenvalue weighted by atomic mass is 9.85. The summed E-state index contributed by atoms with van der Waals surface area (Å²) in [5, 5.41) is 1.97. The van der Waals surface area contributed by atoms with Gasteiger partial charge in [-0.2, -0.15) is 0 Å². The predicted molar refractivity (Wildman–Crippen MR) is 116 cm³/mol. The van der Waals surface area contributed by atoms with Crippen molar-refractivity contribution in [2.45, 2.75) is 19.5 Å². The number of methoxy groups -OCH3 is 1. The van der Waals surface area contributed by atoms with Crippen LogP contribution in [0.1, 0.15) is 16.9 Å². The molecule has 2 heterocycles. The quantitative estimate of drug-likeness (QED) is 0.494. The molecule has 3 amide bonds. The number of imide groups is 1. The number of carbonyl (C=O) groups is 3. The Kier molecular flexibility index (Phi) is 5.14. The topological polar surface area (TPSA) is 66.9 Å². The first-order valence-corrected chi connectivity index (χ1v) is 11.4. The van der Waals surface area contributed by atoms with Crippen molar-refractivity contribution in [1.29, 1.82) is 0 Å². The second kappa shape index (κ2) is 7.96. The number of ether oxygens (including phenoxy) is 1. The highest BCUT2D eigenvalue weighted by Gasteiger charge is 2.59. The third kappa shape index (κ3) is 3.47. The average Bonchev–Trinajstić information content (AvgIpc) is 3.56. The van der Waals surface area contributed by atoms with E-state index in [0.717, 1.165) is 16.9 Å². The minimum Gasteiger partial charge on any atom is -0.496 e. The van der Waals surface area contributed by atoms with Crippen LogP contribution in [-0.2, 0) is 27.5 Å². The smallest absolute Gasteiger partial charge is 0.243 e. The Balaban J connectivity index is 1.36. The number of para-hydroxylation sites is 1. The summed E-state index contributed by atoms with van der Waals surface area (Å²) < 4.78 is 5.45. The Labute approximate surface area is 185 Å². The molecule has 31 heavy (non-hydrogen) atoms. The molecule has 6 nitrogen and oxygen atoms in total. The number of benzene rings is 1. The lowest BCUT2D eigenvalue weighted by Crippen LogP contribution is -2.43. The second-order valence-corrected chi connectivity index (χ2v) is 9.44. The molecule has 0 radical (unpaired) electrons. The van der Waals surface area contributed by atoms with Gasteiger partial charge in [0.2, 0.25) is 17.7 Å². The maximum absolute atomic E-state index is 13.3. The van der Waals surface area contributed by atoms with Crippen LogP contribution >= 0.6 is 11.3 Å². The van der Waals surface area contributed by atoms with E-state index in [9.17, 15) is 14.4 Å². The molecule has 1 saturated carbocycles. The van der Waals surface area contributed by atoms with E-state index in [-0.39, 0.29) is 47.9 Å². The van der Waals surface area contributed by atoms with E-state index in [1.54, 1.807) is 23.3 Å². The van der Waals surface area contributed by atoms with Crippen molar-refractivity contribution in [3.05, 3.63) is 64.4 Å². The highest BCUT2D eigenvalue weighted by atomic mass is 32.1. The first-order chi connectivity index (χ1) is 15.1. The molecule has 1 aliphatic heterocycles. The van der Waals surface area contributed by atoms with Gasteiger partial charge in [-0.25, -0.2) is 0 Å². The first-order valence-electron chi connectivity index (χ1n) is 10.5. The number of hydrogen-bond acceptors (Lipinski definition) is 5. The predicted octanol–water partition coefficient (Wildman–Crippen LogP) is 3.09. The van der Waals surface area contributed by atoms with Gasteiger partial charge in [-0.1, -0.05) is 36.4 Å². The maximum Gasteiger partial charge on any atom is 0.243 e. The number of carbonyl (C=O) groups excluding carboxylic acids is 3.